The maximum absolute atomic E-state index is 12.3. The topological polar surface area (TPSA) is 64.9 Å². The van der Waals surface area contributed by atoms with Crippen molar-refractivity contribution in [2.45, 2.75) is 13.3 Å². The van der Waals surface area contributed by atoms with Gasteiger partial charge in [-0.15, -0.1) is 24.8 Å². The van der Waals surface area contributed by atoms with Crippen molar-refractivity contribution in [1.29, 1.82) is 0 Å². The molecule has 2 saturated heterocycles. The number of aryl methyl sites for hydroxylation is 1. The van der Waals surface area contributed by atoms with Gasteiger partial charge in [-0.05, 0) is 24.6 Å². The van der Waals surface area contributed by atoms with Crippen LogP contribution in [0.1, 0.15) is 12.0 Å². The Morgan fingerprint density at radius 1 is 1.11 bits per heavy atom. The average Bonchev–Trinajstić information content (AvgIpc) is 3.10. The standard InChI is InChI=1S/C19H27N5O2.2ClH/c1-15-2-3-17-16(14-15)21-19(26-17)24-12-10-22(11-13-24)7-4-18(25)23-8-5-20-6-9-23;;/h2-3,14,20H,4-13H2,1H3;2*1H. The minimum absolute atomic E-state index is 0. The number of carbonyl (C=O) groups excluding carboxylic acids is 1. The molecule has 2 fully saturated rings. The van der Waals surface area contributed by atoms with E-state index in [2.05, 4.69) is 33.1 Å². The lowest BCUT2D eigenvalue weighted by Gasteiger charge is -2.34. The molecule has 0 aliphatic carbocycles. The third-order valence-corrected chi connectivity index (χ3v) is 5.29. The molecule has 2 aliphatic heterocycles. The van der Waals surface area contributed by atoms with Gasteiger partial charge in [0.2, 0.25) is 5.91 Å². The molecule has 1 aromatic heterocycles. The van der Waals surface area contributed by atoms with Crippen molar-refractivity contribution in [3.05, 3.63) is 23.8 Å². The molecule has 28 heavy (non-hydrogen) atoms. The number of rotatable bonds is 4. The molecule has 0 radical (unpaired) electrons. The molecule has 1 amide bonds. The lowest BCUT2D eigenvalue weighted by molar-refractivity contribution is -0.132. The summed E-state index contributed by atoms with van der Waals surface area (Å²) in [6.45, 7) is 10.0. The van der Waals surface area contributed by atoms with Gasteiger partial charge >= 0.3 is 0 Å². The van der Waals surface area contributed by atoms with Crippen LogP contribution < -0.4 is 10.2 Å². The van der Waals surface area contributed by atoms with Crippen molar-refractivity contribution in [3.63, 3.8) is 0 Å². The molecule has 0 saturated carbocycles. The van der Waals surface area contributed by atoms with E-state index in [-0.39, 0.29) is 30.7 Å². The quantitative estimate of drug-likeness (QED) is 0.800. The summed E-state index contributed by atoms with van der Waals surface area (Å²) >= 11 is 0. The Hall–Kier alpha value is -1.54. The van der Waals surface area contributed by atoms with Gasteiger partial charge in [0.1, 0.15) is 5.52 Å². The van der Waals surface area contributed by atoms with E-state index in [0.29, 0.717) is 12.4 Å². The third-order valence-electron chi connectivity index (χ3n) is 5.29. The average molecular weight is 430 g/mol. The Balaban J connectivity index is 0.00000140. The number of nitrogens with one attached hydrogen (secondary N) is 1. The van der Waals surface area contributed by atoms with Crippen molar-refractivity contribution in [1.82, 2.24) is 20.1 Å². The monoisotopic (exact) mass is 429 g/mol. The van der Waals surface area contributed by atoms with E-state index in [4.69, 9.17) is 4.42 Å². The van der Waals surface area contributed by atoms with Crippen LogP contribution in [0.3, 0.4) is 0 Å². The molecular weight excluding hydrogens is 401 g/mol. The van der Waals surface area contributed by atoms with Gasteiger partial charge in [-0.1, -0.05) is 6.07 Å². The number of piperazine rings is 2. The number of anilines is 1. The number of hydrogen-bond acceptors (Lipinski definition) is 6. The van der Waals surface area contributed by atoms with E-state index in [1.807, 2.05) is 17.0 Å². The maximum atomic E-state index is 12.3. The van der Waals surface area contributed by atoms with Gasteiger partial charge in [0.15, 0.2) is 5.58 Å². The van der Waals surface area contributed by atoms with Crippen molar-refractivity contribution in [3.8, 4) is 0 Å². The van der Waals surface area contributed by atoms with E-state index in [1.54, 1.807) is 0 Å². The summed E-state index contributed by atoms with van der Waals surface area (Å²) in [5.41, 5.74) is 2.95. The fourth-order valence-corrected chi connectivity index (χ4v) is 3.65. The Morgan fingerprint density at radius 2 is 1.82 bits per heavy atom. The zero-order chi connectivity index (χ0) is 17.9. The number of aromatic nitrogens is 1. The molecule has 2 aromatic rings. The molecule has 1 aromatic carbocycles. The van der Waals surface area contributed by atoms with Crippen molar-refractivity contribution in [2.24, 2.45) is 0 Å². The second-order valence-electron chi connectivity index (χ2n) is 7.18. The SMILES string of the molecule is Cc1ccc2oc(N3CCN(CCC(=O)N4CCNCC4)CC3)nc2c1.Cl.Cl. The van der Waals surface area contributed by atoms with Crippen LogP contribution in [0.25, 0.3) is 11.1 Å². The van der Waals surface area contributed by atoms with Crippen LogP contribution in [-0.2, 0) is 4.79 Å². The highest BCUT2D eigenvalue weighted by molar-refractivity contribution is 5.85. The molecule has 9 heteroatoms. The van der Waals surface area contributed by atoms with Crippen LogP contribution in [0.4, 0.5) is 6.01 Å². The highest BCUT2D eigenvalue weighted by atomic mass is 35.5. The number of oxazole rings is 1. The van der Waals surface area contributed by atoms with Crippen LogP contribution in [0.15, 0.2) is 22.6 Å². The van der Waals surface area contributed by atoms with Gasteiger partial charge in [-0.3, -0.25) is 9.69 Å². The smallest absolute Gasteiger partial charge is 0.298 e. The minimum atomic E-state index is 0. The molecule has 1 N–H and O–H groups in total. The number of hydrogen-bond donors (Lipinski definition) is 1. The lowest BCUT2D eigenvalue weighted by atomic mass is 10.2. The number of nitrogens with zero attached hydrogens (tertiary/aromatic N) is 4. The molecule has 0 unspecified atom stereocenters. The number of halogens is 2. The third kappa shape index (κ3) is 5.29. The first-order valence-electron chi connectivity index (χ1n) is 9.52. The number of amides is 1. The fraction of sp³-hybridized carbons (Fsp3) is 0.579. The van der Waals surface area contributed by atoms with E-state index >= 15 is 0 Å². The normalized spacial score (nSPS) is 17.9. The van der Waals surface area contributed by atoms with Crippen molar-refractivity contribution in [2.75, 3.05) is 63.8 Å². The van der Waals surface area contributed by atoms with E-state index in [0.717, 1.165) is 70.0 Å². The highest BCUT2D eigenvalue weighted by Gasteiger charge is 2.22. The predicted octanol–water partition coefficient (Wildman–Crippen LogP) is 1.92. The first-order valence-corrected chi connectivity index (χ1v) is 9.52. The van der Waals surface area contributed by atoms with Crippen LogP contribution in [-0.4, -0.2) is 79.6 Å². The van der Waals surface area contributed by atoms with Gasteiger partial charge in [0.25, 0.3) is 6.01 Å². The summed E-state index contributed by atoms with van der Waals surface area (Å²) in [6, 6.07) is 6.80. The molecule has 0 bridgehead atoms. The Labute approximate surface area is 178 Å². The van der Waals surface area contributed by atoms with Gasteiger partial charge in [0.05, 0.1) is 0 Å². The van der Waals surface area contributed by atoms with Crippen LogP contribution in [0.5, 0.6) is 0 Å². The maximum Gasteiger partial charge on any atom is 0.298 e. The Morgan fingerprint density at radius 3 is 2.54 bits per heavy atom. The van der Waals surface area contributed by atoms with E-state index < -0.39 is 0 Å². The van der Waals surface area contributed by atoms with Gasteiger partial charge in [0, 0.05) is 65.3 Å². The molecule has 0 atom stereocenters. The van der Waals surface area contributed by atoms with Crippen LogP contribution >= 0.6 is 24.8 Å². The van der Waals surface area contributed by atoms with Crippen molar-refractivity contribution < 1.29 is 9.21 Å². The first-order chi connectivity index (χ1) is 12.7. The summed E-state index contributed by atoms with van der Waals surface area (Å²) in [7, 11) is 0. The molecule has 0 spiro atoms. The zero-order valence-corrected chi connectivity index (χ0v) is 17.9. The number of fused-ring (bicyclic) bond motifs is 1. The number of benzene rings is 1. The minimum Gasteiger partial charge on any atom is -0.423 e. The molecule has 3 heterocycles. The largest absolute Gasteiger partial charge is 0.423 e. The lowest BCUT2D eigenvalue weighted by Crippen LogP contribution is -2.49. The first kappa shape index (κ1) is 22.7. The second kappa shape index (κ2) is 10.3. The Bertz CT molecular complexity index is 771. The number of carbonyl (C=O) groups is 1. The fourth-order valence-electron chi connectivity index (χ4n) is 3.65. The zero-order valence-electron chi connectivity index (χ0n) is 16.2. The van der Waals surface area contributed by atoms with E-state index in [1.165, 1.54) is 5.56 Å². The van der Waals surface area contributed by atoms with Gasteiger partial charge in [-0.2, -0.15) is 4.98 Å². The Kier molecular flexibility index (Phi) is 8.37. The molecule has 4 rings (SSSR count). The van der Waals surface area contributed by atoms with Gasteiger partial charge in [-0.25, -0.2) is 0 Å². The molecule has 156 valence electrons. The van der Waals surface area contributed by atoms with E-state index in [9.17, 15) is 4.79 Å². The molecular formula is C19H29Cl2N5O2. The molecule has 7 nitrogen and oxygen atoms in total. The summed E-state index contributed by atoms with van der Waals surface area (Å²) in [5.74, 6) is 0.281. The molecule has 2 aliphatic rings. The predicted molar refractivity (Wildman–Crippen MR) is 116 cm³/mol. The summed E-state index contributed by atoms with van der Waals surface area (Å²) in [4.78, 5) is 23.5. The van der Waals surface area contributed by atoms with Crippen molar-refractivity contribution >= 4 is 47.8 Å². The summed E-state index contributed by atoms with van der Waals surface area (Å²) in [5, 5.41) is 3.28. The van der Waals surface area contributed by atoms with Crippen LogP contribution in [0, 0.1) is 6.92 Å². The van der Waals surface area contributed by atoms with Crippen LogP contribution in [0.2, 0.25) is 0 Å². The summed E-state index contributed by atoms with van der Waals surface area (Å²) in [6.07, 6.45) is 0.613. The highest BCUT2D eigenvalue weighted by Crippen LogP contribution is 2.23. The second-order valence-corrected chi connectivity index (χ2v) is 7.18. The summed E-state index contributed by atoms with van der Waals surface area (Å²) < 4.78 is 5.90. The van der Waals surface area contributed by atoms with Gasteiger partial charge < -0.3 is 19.5 Å².